The third-order valence-electron chi connectivity index (χ3n) is 5.13. The smallest absolute Gasteiger partial charge is 0.228 e. The standard InChI is InChI=1S/C22H26N4O2S2/c27-21(14-20-17-30-22(24-20)19-4-13-29-16-19)26(15-18-2-5-23-6-3-18)8-1-7-25-9-11-28-12-10-25/h2-6,13,16-17H,1,7-12,14-15H2. The first-order valence-electron chi connectivity index (χ1n) is 10.2. The van der Waals surface area contributed by atoms with Gasteiger partial charge in [0.05, 0.1) is 25.3 Å². The topological polar surface area (TPSA) is 58.6 Å². The number of rotatable bonds is 9. The molecular formula is C22H26N4O2S2. The lowest BCUT2D eigenvalue weighted by molar-refractivity contribution is -0.131. The Bertz CT molecular complexity index is 908. The van der Waals surface area contributed by atoms with E-state index in [1.165, 1.54) is 0 Å². The maximum Gasteiger partial charge on any atom is 0.228 e. The van der Waals surface area contributed by atoms with E-state index in [4.69, 9.17) is 4.74 Å². The van der Waals surface area contributed by atoms with Gasteiger partial charge in [0.2, 0.25) is 5.91 Å². The molecule has 0 spiro atoms. The van der Waals surface area contributed by atoms with Crippen LogP contribution in [-0.2, 0) is 22.5 Å². The van der Waals surface area contributed by atoms with E-state index in [9.17, 15) is 4.79 Å². The van der Waals surface area contributed by atoms with Gasteiger partial charge in [-0.05, 0) is 35.6 Å². The molecule has 1 amide bonds. The molecule has 0 radical (unpaired) electrons. The van der Waals surface area contributed by atoms with Crippen LogP contribution in [0.2, 0.25) is 0 Å². The highest BCUT2D eigenvalue weighted by atomic mass is 32.1. The van der Waals surface area contributed by atoms with Crippen LogP contribution in [0.15, 0.2) is 46.7 Å². The molecule has 0 unspecified atom stereocenters. The van der Waals surface area contributed by atoms with Crippen LogP contribution in [0, 0.1) is 0 Å². The number of nitrogens with zero attached hydrogens (tertiary/aromatic N) is 4. The zero-order valence-corrected chi connectivity index (χ0v) is 18.5. The molecule has 4 rings (SSSR count). The van der Waals surface area contributed by atoms with E-state index in [1.54, 1.807) is 35.1 Å². The minimum absolute atomic E-state index is 0.121. The van der Waals surface area contributed by atoms with E-state index in [1.807, 2.05) is 27.8 Å². The number of amides is 1. The predicted octanol–water partition coefficient (Wildman–Crippen LogP) is 3.56. The van der Waals surface area contributed by atoms with Crippen LogP contribution < -0.4 is 0 Å². The summed E-state index contributed by atoms with van der Waals surface area (Å²) in [5.41, 5.74) is 3.07. The van der Waals surface area contributed by atoms with Gasteiger partial charge >= 0.3 is 0 Å². The molecule has 1 aliphatic rings. The molecule has 1 aliphatic heterocycles. The van der Waals surface area contributed by atoms with Crippen molar-refractivity contribution in [3.63, 3.8) is 0 Å². The van der Waals surface area contributed by atoms with E-state index in [0.717, 1.165) is 67.6 Å². The van der Waals surface area contributed by atoms with Gasteiger partial charge < -0.3 is 9.64 Å². The van der Waals surface area contributed by atoms with Crippen molar-refractivity contribution in [1.29, 1.82) is 0 Å². The van der Waals surface area contributed by atoms with Gasteiger partial charge in [-0.25, -0.2) is 4.98 Å². The summed E-state index contributed by atoms with van der Waals surface area (Å²) >= 11 is 3.26. The molecule has 1 fully saturated rings. The Labute approximate surface area is 185 Å². The van der Waals surface area contributed by atoms with Crippen molar-refractivity contribution >= 4 is 28.6 Å². The highest BCUT2D eigenvalue weighted by molar-refractivity contribution is 7.14. The van der Waals surface area contributed by atoms with Gasteiger partial charge in [0.1, 0.15) is 5.01 Å². The maximum absolute atomic E-state index is 13.1. The molecule has 0 atom stereocenters. The monoisotopic (exact) mass is 442 g/mol. The molecule has 3 aromatic heterocycles. The van der Waals surface area contributed by atoms with Crippen LogP contribution in [0.3, 0.4) is 0 Å². The SMILES string of the molecule is O=C(Cc1csc(-c2ccsc2)n1)N(CCCN1CCOCC1)Cc1ccncc1. The molecule has 8 heteroatoms. The fraction of sp³-hybridized carbons (Fsp3) is 0.409. The maximum atomic E-state index is 13.1. The largest absolute Gasteiger partial charge is 0.379 e. The van der Waals surface area contributed by atoms with Crippen LogP contribution in [0.4, 0.5) is 0 Å². The second kappa shape index (κ2) is 10.8. The molecule has 158 valence electrons. The molecule has 1 saturated heterocycles. The van der Waals surface area contributed by atoms with Crippen LogP contribution in [0.25, 0.3) is 10.6 Å². The van der Waals surface area contributed by atoms with Crippen molar-refractivity contribution in [2.24, 2.45) is 0 Å². The Morgan fingerprint density at radius 1 is 1.17 bits per heavy atom. The summed E-state index contributed by atoms with van der Waals surface area (Å²) < 4.78 is 5.42. The summed E-state index contributed by atoms with van der Waals surface area (Å²) in [6.07, 6.45) is 4.84. The van der Waals surface area contributed by atoms with Crippen molar-refractivity contribution in [3.05, 3.63) is 58.0 Å². The van der Waals surface area contributed by atoms with Gasteiger partial charge in [-0.15, -0.1) is 11.3 Å². The first-order chi connectivity index (χ1) is 14.8. The Kier molecular flexibility index (Phi) is 7.58. The highest BCUT2D eigenvalue weighted by Gasteiger charge is 2.18. The quantitative estimate of drug-likeness (QED) is 0.507. The van der Waals surface area contributed by atoms with Gasteiger partial charge in [0.25, 0.3) is 0 Å². The number of hydrogen-bond acceptors (Lipinski definition) is 7. The van der Waals surface area contributed by atoms with E-state index < -0.39 is 0 Å². The number of ether oxygens (including phenoxy) is 1. The first kappa shape index (κ1) is 21.1. The summed E-state index contributed by atoms with van der Waals surface area (Å²) in [5.74, 6) is 0.121. The lowest BCUT2D eigenvalue weighted by atomic mass is 10.2. The van der Waals surface area contributed by atoms with Crippen LogP contribution in [0.1, 0.15) is 17.7 Å². The fourth-order valence-corrected chi connectivity index (χ4v) is 5.02. The molecule has 3 aromatic rings. The molecule has 0 saturated carbocycles. The molecule has 6 nitrogen and oxygen atoms in total. The van der Waals surface area contributed by atoms with Crippen molar-refractivity contribution < 1.29 is 9.53 Å². The summed E-state index contributed by atoms with van der Waals surface area (Å²) in [5, 5.41) is 7.12. The Morgan fingerprint density at radius 2 is 2.00 bits per heavy atom. The molecule has 0 aromatic carbocycles. The molecule has 0 bridgehead atoms. The van der Waals surface area contributed by atoms with Crippen LogP contribution in [0.5, 0.6) is 0 Å². The van der Waals surface area contributed by atoms with Crippen molar-refractivity contribution in [1.82, 2.24) is 19.8 Å². The van der Waals surface area contributed by atoms with Crippen molar-refractivity contribution in [2.45, 2.75) is 19.4 Å². The van der Waals surface area contributed by atoms with E-state index >= 15 is 0 Å². The summed E-state index contributed by atoms with van der Waals surface area (Å²) in [7, 11) is 0. The number of pyridine rings is 1. The van der Waals surface area contributed by atoms with Gasteiger partial charge in [-0.3, -0.25) is 14.7 Å². The first-order valence-corrected chi connectivity index (χ1v) is 12.0. The lowest BCUT2D eigenvalue weighted by Crippen LogP contribution is -2.39. The second-order valence-corrected chi connectivity index (χ2v) is 8.95. The Hall–Kier alpha value is -2.13. The Balaban J connectivity index is 1.37. The third kappa shape index (κ3) is 5.95. The predicted molar refractivity (Wildman–Crippen MR) is 121 cm³/mol. The minimum atomic E-state index is 0.121. The van der Waals surface area contributed by atoms with Crippen molar-refractivity contribution in [2.75, 3.05) is 39.4 Å². The zero-order chi connectivity index (χ0) is 20.6. The number of morpholine rings is 1. The number of thiophene rings is 1. The van der Waals surface area contributed by atoms with E-state index in [2.05, 4.69) is 26.3 Å². The average molecular weight is 443 g/mol. The van der Waals surface area contributed by atoms with Crippen LogP contribution in [-0.4, -0.2) is 65.1 Å². The fourth-order valence-electron chi connectivity index (χ4n) is 3.48. The molecule has 0 aliphatic carbocycles. The van der Waals surface area contributed by atoms with Crippen LogP contribution >= 0.6 is 22.7 Å². The molecule has 4 heterocycles. The van der Waals surface area contributed by atoms with Crippen molar-refractivity contribution in [3.8, 4) is 10.6 Å². The van der Waals surface area contributed by atoms with Gasteiger partial charge in [-0.2, -0.15) is 11.3 Å². The van der Waals surface area contributed by atoms with E-state index in [-0.39, 0.29) is 5.91 Å². The number of carbonyl (C=O) groups is 1. The number of aromatic nitrogens is 2. The number of thiazole rings is 1. The summed E-state index contributed by atoms with van der Waals surface area (Å²) in [6, 6.07) is 6.01. The average Bonchev–Trinajstić information content (AvgIpc) is 3.46. The molecule has 0 N–H and O–H groups in total. The second-order valence-electron chi connectivity index (χ2n) is 7.31. The van der Waals surface area contributed by atoms with Gasteiger partial charge in [-0.1, -0.05) is 0 Å². The molecular weight excluding hydrogens is 416 g/mol. The summed E-state index contributed by atoms with van der Waals surface area (Å²) in [4.78, 5) is 26.3. The zero-order valence-electron chi connectivity index (χ0n) is 16.9. The number of hydrogen-bond donors (Lipinski definition) is 0. The normalized spacial score (nSPS) is 14.7. The van der Waals surface area contributed by atoms with Gasteiger partial charge in [0.15, 0.2) is 0 Å². The third-order valence-corrected chi connectivity index (χ3v) is 6.76. The van der Waals surface area contributed by atoms with Gasteiger partial charge in [0, 0.05) is 61.4 Å². The minimum Gasteiger partial charge on any atom is -0.379 e. The summed E-state index contributed by atoms with van der Waals surface area (Å²) in [6.45, 7) is 5.88. The lowest BCUT2D eigenvalue weighted by Gasteiger charge is -2.28. The highest BCUT2D eigenvalue weighted by Crippen LogP contribution is 2.26. The van der Waals surface area contributed by atoms with E-state index in [0.29, 0.717) is 13.0 Å². The molecule has 30 heavy (non-hydrogen) atoms. The number of carbonyl (C=O) groups excluding carboxylic acids is 1. The Morgan fingerprint density at radius 3 is 2.77 bits per heavy atom.